The van der Waals surface area contributed by atoms with Gasteiger partial charge in [0.05, 0.1) is 6.54 Å². The van der Waals surface area contributed by atoms with Crippen molar-refractivity contribution in [2.45, 2.75) is 13.1 Å². The number of aryl methyl sites for hydroxylation is 2. The van der Waals surface area contributed by atoms with E-state index in [1.807, 2.05) is 12.3 Å². The third-order valence-electron chi connectivity index (χ3n) is 2.21. The fraction of sp³-hybridized carbons (Fsp3) is 0.200. The van der Waals surface area contributed by atoms with Crippen LogP contribution in [0.25, 0.3) is 0 Å². The summed E-state index contributed by atoms with van der Waals surface area (Å²) in [7, 11) is 0. The van der Waals surface area contributed by atoms with Crippen molar-refractivity contribution in [2.24, 2.45) is 0 Å². The van der Waals surface area contributed by atoms with E-state index >= 15 is 0 Å². The molecule has 84 valence electrons. The number of halogens is 1. The quantitative estimate of drug-likeness (QED) is 0.932. The minimum absolute atomic E-state index is 0.277. The lowest BCUT2D eigenvalue weighted by atomic mass is 10.4. The molecule has 0 radical (unpaired) electrons. The van der Waals surface area contributed by atoms with Gasteiger partial charge in [-0.2, -0.15) is 5.10 Å². The third-order valence-corrected chi connectivity index (χ3v) is 2.65. The molecule has 6 heteroatoms. The largest absolute Gasteiger partial charge is 0.477 e. The van der Waals surface area contributed by atoms with Gasteiger partial charge in [0, 0.05) is 29.6 Å². The van der Waals surface area contributed by atoms with Crippen molar-refractivity contribution in [3.05, 3.63) is 40.9 Å². The van der Waals surface area contributed by atoms with Crippen LogP contribution < -0.4 is 0 Å². The normalized spacial score (nSPS) is 10.6. The molecule has 2 aromatic rings. The molecule has 2 aromatic heterocycles. The number of hydrogen-bond donors (Lipinski definition) is 1. The van der Waals surface area contributed by atoms with Gasteiger partial charge in [0.25, 0.3) is 0 Å². The van der Waals surface area contributed by atoms with E-state index in [9.17, 15) is 4.79 Å². The second-order valence-corrected chi connectivity index (χ2v) is 4.23. The summed E-state index contributed by atoms with van der Waals surface area (Å²) >= 11 is 3.26. The highest BCUT2D eigenvalue weighted by Gasteiger charge is 2.11. The second-order valence-electron chi connectivity index (χ2n) is 3.31. The van der Waals surface area contributed by atoms with Crippen LogP contribution in [0.4, 0.5) is 0 Å². The Morgan fingerprint density at radius 1 is 1.50 bits per heavy atom. The Morgan fingerprint density at radius 3 is 2.94 bits per heavy atom. The molecule has 1 N–H and O–H groups in total. The SMILES string of the molecule is O=C(O)c1cc(Br)cn1CCn1cccn1. The Bertz CT molecular complexity index is 490. The predicted octanol–water partition coefficient (Wildman–Crippen LogP) is 1.85. The molecule has 0 saturated carbocycles. The number of carbonyl (C=O) groups is 1. The molecule has 0 aromatic carbocycles. The maximum absolute atomic E-state index is 10.9. The fourth-order valence-corrected chi connectivity index (χ4v) is 1.95. The molecule has 0 aliphatic heterocycles. The molecule has 2 heterocycles. The molecule has 0 atom stereocenters. The minimum atomic E-state index is -0.925. The molecule has 0 bridgehead atoms. The Labute approximate surface area is 100 Å². The van der Waals surface area contributed by atoms with Crippen LogP contribution in [-0.2, 0) is 13.1 Å². The average Bonchev–Trinajstić information content (AvgIpc) is 2.83. The Hall–Kier alpha value is -1.56. The first-order valence-electron chi connectivity index (χ1n) is 4.73. The van der Waals surface area contributed by atoms with Crippen LogP contribution in [0.3, 0.4) is 0 Å². The Kier molecular flexibility index (Phi) is 3.09. The van der Waals surface area contributed by atoms with Gasteiger partial charge >= 0.3 is 5.97 Å². The lowest BCUT2D eigenvalue weighted by Crippen LogP contribution is -2.12. The number of carboxylic acid groups (broad SMARTS) is 1. The van der Waals surface area contributed by atoms with Crippen molar-refractivity contribution in [1.82, 2.24) is 14.3 Å². The molecular weight excluding hydrogens is 274 g/mol. The molecule has 0 amide bonds. The molecule has 0 aliphatic rings. The first-order chi connectivity index (χ1) is 7.66. The summed E-state index contributed by atoms with van der Waals surface area (Å²) in [5.74, 6) is -0.925. The van der Waals surface area contributed by atoms with Crippen LogP contribution in [0.15, 0.2) is 35.2 Å². The van der Waals surface area contributed by atoms with Crippen molar-refractivity contribution in [3.63, 3.8) is 0 Å². The first kappa shape index (κ1) is 10.9. The molecule has 5 nitrogen and oxygen atoms in total. The van der Waals surface area contributed by atoms with Gasteiger partial charge in [-0.3, -0.25) is 4.68 Å². The third kappa shape index (κ3) is 2.33. The van der Waals surface area contributed by atoms with Gasteiger partial charge in [-0.15, -0.1) is 0 Å². The lowest BCUT2D eigenvalue weighted by molar-refractivity contribution is 0.0684. The standard InChI is InChI=1S/C10H10BrN3O2/c11-8-6-9(10(15)16)13(7-8)4-5-14-3-1-2-12-14/h1-3,6-7H,4-5H2,(H,15,16). The van der Waals surface area contributed by atoms with Crippen molar-refractivity contribution >= 4 is 21.9 Å². The number of aromatic nitrogens is 3. The summed E-state index contributed by atoms with van der Waals surface area (Å²) in [6.45, 7) is 1.23. The smallest absolute Gasteiger partial charge is 0.352 e. The number of aromatic carboxylic acids is 1. The Morgan fingerprint density at radius 2 is 2.31 bits per heavy atom. The fourth-order valence-electron chi connectivity index (χ4n) is 1.48. The second kappa shape index (κ2) is 4.52. The average molecular weight is 284 g/mol. The summed E-state index contributed by atoms with van der Waals surface area (Å²) in [5.41, 5.74) is 0.277. The van der Waals surface area contributed by atoms with E-state index in [1.165, 1.54) is 0 Å². The van der Waals surface area contributed by atoms with Gasteiger partial charge in [-0.25, -0.2) is 4.79 Å². The molecule has 16 heavy (non-hydrogen) atoms. The summed E-state index contributed by atoms with van der Waals surface area (Å²) < 4.78 is 4.22. The summed E-state index contributed by atoms with van der Waals surface area (Å²) in [6.07, 6.45) is 5.30. The van der Waals surface area contributed by atoms with Gasteiger partial charge in [0.1, 0.15) is 5.69 Å². The number of nitrogens with zero attached hydrogens (tertiary/aromatic N) is 3. The monoisotopic (exact) mass is 283 g/mol. The number of rotatable bonds is 4. The van der Waals surface area contributed by atoms with E-state index < -0.39 is 5.97 Å². The van der Waals surface area contributed by atoms with Crippen LogP contribution >= 0.6 is 15.9 Å². The molecular formula is C10H10BrN3O2. The van der Waals surface area contributed by atoms with Gasteiger partial charge in [0.15, 0.2) is 0 Å². The van der Waals surface area contributed by atoms with E-state index in [4.69, 9.17) is 5.11 Å². The van der Waals surface area contributed by atoms with Crippen LogP contribution in [-0.4, -0.2) is 25.4 Å². The lowest BCUT2D eigenvalue weighted by Gasteiger charge is -2.05. The molecule has 0 spiro atoms. The van der Waals surface area contributed by atoms with Crippen LogP contribution in [0.1, 0.15) is 10.5 Å². The zero-order valence-electron chi connectivity index (χ0n) is 8.38. The van der Waals surface area contributed by atoms with Crippen LogP contribution in [0.5, 0.6) is 0 Å². The molecule has 0 fully saturated rings. The summed E-state index contributed by atoms with van der Waals surface area (Å²) in [5, 5.41) is 13.0. The van der Waals surface area contributed by atoms with Crippen molar-refractivity contribution in [1.29, 1.82) is 0 Å². The van der Waals surface area contributed by atoms with Gasteiger partial charge in [0.2, 0.25) is 0 Å². The van der Waals surface area contributed by atoms with E-state index in [0.717, 1.165) is 4.47 Å². The molecule has 0 saturated heterocycles. The minimum Gasteiger partial charge on any atom is -0.477 e. The predicted molar refractivity (Wildman–Crippen MR) is 61.3 cm³/mol. The van der Waals surface area contributed by atoms with Crippen molar-refractivity contribution < 1.29 is 9.90 Å². The van der Waals surface area contributed by atoms with Gasteiger partial charge < -0.3 is 9.67 Å². The van der Waals surface area contributed by atoms with Crippen LogP contribution in [0, 0.1) is 0 Å². The zero-order valence-corrected chi connectivity index (χ0v) is 9.96. The highest BCUT2D eigenvalue weighted by Crippen LogP contribution is 2.15. The maximum atomic E-state index is 10.9. The van der Waals surface area contributed by atoms with E-state index in [-0.39, 0.29) is 5.69 Å². The van der Waals surface area contributed by atoms with Gasteiger partial charge in [-0.05, 0) is 28.1 Å². The number of hydrogen-bond acceptors (Lipinski definition) is 2. The highest BCUT2D eigenvalue weighted by atomic mass is 79.9. The van der Waals surface area contributed by atoms with Gasteiger partial charge in [-0.1, -0.05) is 0 Å². The first-order valence-corrected chi connectivity index (χ1v) is 5.52. The van der Waals surface area contributed by atoms with Crippen LogP contribution in [0.2, 0.25) is 0 Å². The summed E-state index contributed by atoms with van der Waals surface area (Å²) in [6, 6.07) is 3.43. The van der Waals surface area contributed by atoms with E-state index in [0.29, 0.717) is 13.1 Å². The topological polar surface area (TPSA) is 60.0 Å². The van der Waals surface area contributed by atoms with E-state index in [1.54, 1.807) is 27.7 Å². The number of carboxylic acids is 1. The van der Waals surface area contributed by atoms with Crippen molar-refractivity contribution in [3.8, 4) is 0 Å². The molecule has 2 rings (SSSR count). The highest BCUT2D eigenvalue weighted by molar-refractivity contribution is 9.10. The summed E-state index contributed by atoms with van der Waals surface area (Å²) in [4.78, 5) is 10.9. The van der Waals surface area contributed by atoms with E-state index in [2.05, 4.69) is 21.0 Å². The Balaban J connectivity index is 2.12. The molecule has 0 aliphatic carbocycles. The zero-order chi connectivity index (χ0) is 11.5. The molecule has 0 unspecified atom stereocenters. The maximum Gasteiger partial charge on any atom is 0.352 e. The van der Waals surface area contributed by atoms with Crippen molar-refractivity contribution in [2.75, 3.05) is 0 Å².